The van der Waals surface area contributed by atoms with E-state index in [1.807, 2.05) is 57.2 Å². The van der Waals surface area contributed by atoms with Gasteiger partial charge in [0.2, 0.25) is 0 Å². The lowest BCUT2D eigenvalue weighted by Crippen LogP contribution is -2.15. The average Bonchev–Trinajstić information content (AvgIpc) is 3.51. The molecule has 0 bridgehead atoms. The smallest absolute Gasteiger partial charge is 0.319 e. The minimum Gasteiger partial charge on any atom is -0.319 e. The van der Waals surface area contributed by atoms with Crippen molar-refractivity contribution in [2.24, 2.45) is 0 Å². The summed E-state index contributed by atoms with van der Waals surface area (Å²) in [7, 11) is 0. The van der Waals surface area contributed by atoms with Crippen LogP contribution < -0.4 is 5.32 Å². The van der Waals surface area contributed by atoms with E-state index in [0.29, 0.717) is 22.3 Å². The fourth-order valence-electron chi connectivity index (χ4n) is 4.19. The molecule has 1 N–H and O–H groups in total. The van der Waals surface area contributed by atoms with E-state index >= 15 is 0 Å². The van der Waals surface area contributed by atoms with Gasteiger partial charge in [0.15, 0.2) is 11.3 Å². The van der Waals surface area contributed by atoms with Crippen molar-refractivity contribution in [1.82, 2.24) is 24.4 Å². The molecule has 0 aliphatic heterocycles. The van der Waals surface area contributed by atoms with Gasteiger partial charge in [0.25, 0.3) is 5.91 Å². The number of fused-ring (bicyclic) bond motifs is 1. The molecule has 194 valence electrons. The highest BCUT2D eigenvalue weighted by Gasteiger charge is 2.36. The number of hydrogen-bond acceptors (Lipinski definition) is 4. The van der Waals surface area contributed by atoms with Crippen molar-refractivity contribution in [3.63, 3.8) is 0 Å². The van der Waals surface area contributed by atoms with Crippen molar-refractivity contribution < 1.29 is 18.0 Å². The van der Waals surface area contributed by atoms with Crippen LogP contribution in [0.25, 0.3) is 16.9 Å². The summed E-state index contributed by atoms with van der Waals surface area (Å²) in [6.45, 7) is 6.58. The summed E-state index contributed by atoms with van der Waals surface area (Å²) >= 11 is 0. The third-order valence-corrected chi connectivity index (χ3v) is 6.36. The molecular weight excluding hydrogens is 493 g/mol. The van der Waals surface area contributed by atoms with E-state index in [4.69, 9.17) is 0 Å². The Morgan fingerprint density at radius 1 is 1.03 bits per heavy atom. The summed E-state index contributed by atoms with van der Waals surface area (Å²) in [6.07, 6.45) is -0.467. The number of anilines is 1. The van der Waals surface area contributed by atoms with Gasteiger partial charge in [-0.1, -0.05) is 62.4 Å². The zero-order valence-electron chi connectivity index (χ0n) is 21.0. The standard InChI is InChI=1S/C28H25F3N6O/c1-17(2)19-8-10-20(11-9-19)24-12-25(28(29,30)31)37-26(35-24)23(14-33-37)27(38)34-22-13-32-36(16-22)15-21-7-5-4-6-18(21)3/h4-14,16-17H,15H2,1-3H3,(H,34,38). The molecule has 0 radical (unpaired) electrons. The number of hydrogen-bond donors (Lipinski definition) is 1. The van der Waals surface area contributed by atoms with Crippen LogP contribution in [0.2, 0.25) is 0 Å². The van der Waals surface area contributed by atoms with Crippen LogP contribution >= 0.6 is 0 Å². The third-order valence-electron chi connectivity index (χ3n) is 6.36. The van der Waals surface area contributed by atoms with Gasteiger partial charge in [0.1, 0.15) is 5.56 Å². The topological polar surface area (TPSA) is 77.1 Å². The minimum absolute atomic E-state index is 0.0807. The summed E-state index contributed by atoms with van der Waals surface area (Å²) in [5.41, 5.74) is 2.96. The first kappa shape index (κ1) is 25.2. The molecule has 1 amide bonds. The fraction of sp³-hybridized carbons (Fsp3) is 0.214. The number of nitrogens with zero attached hydrogens (tertiary/aromatic N) is 5. The number of halogens is 3. The fourth-order valence-corrected chi connectivity index (χ4v) is 4.19. The zero-order chi connectivity index (χ0) is 27.0. The van der Waals surface area contributed by atoms with Crippen LogP contribution in [0.3, 0.4) is 0 Å². The van der Waals surface area contributed by atoms with Gasteiger partial charge < -0.3 is 5.32 Å². The number of benzene rings is 2. The van der Waals surface area contributed by atoms with Gasteiger partial charge in [-0.25, -0.2) is 9.50 Å². The van der Waals surface area contributed by atoms with E-state index in [9.17, 15) is 18.0 Å². The van der Waals surface area contributed by atoms with Gasteiger partial charge in [0, 0.05) is 11.8 Å². The number of rotatable bonds is 6. The number of carbonyl (C=O) groups excluding carboxylic acids is 1. The first-order chi connectivity index (χ1) is 18.1. The molecule has 5 aromatic rings. The molecule has 0 aliphatic carbocycles. The van der Waals surface area contributed by atoms with E-state index in [-0.39, 0.29) is 22.8 Å². The van der Waals surface area contributed by atoms with Crippen LogP contribution in [0.4, 0.5) is 18.9 Å². The molecule has 2 aromatic carbocycles. The summed E-state index contributed by atoms with van der Waals surface area (Å²) in [4.78, 5) is 17.5. The van der Waals surface area contributed by atoms with Gasteiger partial charge in [-0.05, 0) is 35.6 Å². The molecule has 0 aliphatic rings. The van der Waals surface area contributed by atoms with E-state index in [0.717, 1.165) is 29.0 Å². The molecule has 0 unspecified atom stereocenters. The highest BCUT2D eigenvalue weighted by Crippen LogP contribution is 2.33. The Labute approximate surface area is 216 Å². The zero-order valence-corrected chi connectivity index (χ0v) is 21.0. The Morgan fingerprint density at radius 2 is 1.76 bits per heavy atom. The van der Waals surface area contributed by atoms with Gasteiger partial charge in [0.05, 0.1) is 30.3 Å². The van der Waals surface area contributed by atoms with Gasteiger partial charge in [-0.2, -0.15) is 23.4 Å². The normalized spacial score (nSPS) is 11.9. The maximum atomic E-state index is 14.0. The number of nitrogens with one attached hydrogen (secondary N) is 1. The van der Waals surface area contributed by atoms with Crippen LogP contribution in [0, 0.1) is 6.92 Å². The molecule has 5 rings (SSSR count). The van der Waals surface area contributed by atoms with Crippen molar-refractivity contribution in [2.45, 2.75) is 39.4 Å². The average molecular weight is 519 g/mol. The number of alkyl halides is 3. The molecule has 0 atom stereocenters. The molecule has 38 heavy (non-hydrogen) atoms. The molecule has 0 saturated heterocycles. The van der Waals surface area contributed by atoms with Crippen LogP contribution in [0.1, 0.15) is 52.5 Å². The van der Waals surface area contributed by atoms with Gasteiger partial charge in [-0.15, -0.1) is 0 Å². The second kappa shape index (κ2) is 9.77. The molecule has 10 heteroatoms. The summed E-state index contributed by atoms with van der Waals surface area (Å²) in [6, 6.07) is 16.0. The predicted molar refractivity (Wildman–Crippen MR) is 138 cm³/mol. The third kappa shape index (κ3) is 5.02. The Kier molecular flexibility index (Phi) is 6.48. The second-order valence-electron chi connectivity index (χ2n) is 9.40. The Balaban J connectivity index is 1.47. The lowest BCUT2D eigenvalue weighted by molar-refractivity contribution is -0.142. The first-order valence-corrected chi connectivity index (χ1v) is 12.0. The van der Waals surface area contributed by atoms with Crippen molar-refractivity contribution in [2.75, 3.05) is 5.32 Å². The van der Waals surface area contributed by atoms with Gasteiger partial charge in [-0.3, -0.25) is 9.48 Å². The Morgan fingerprint density at radius 3 is 2.45 bits per heavy atom. The SMILES string of the molecule is Cc1ccccc1Cn1cc(NC(=O)c2cnn3c(C(F)(F)F)cc(-c4ccc(C(C)C)cc4)nc23)cn1. The van der Waals surface area contributed by atoms with Crippen molar-refractivity contribution in [1.29, 1.82) is 0 Å². The highest BCUT2D eigenvalue weighted by molar-refractivity contribution is 6.08. The Hall–Kier alpha value is -4.47. The number of carbonyl (C=O) groups is 1. The summed E-state index contributed by atoms with van der Waals surface area (Å²) in [5.74, 6) is -0.361. The molecule has 0 saturated carbocycles. The maximum absolute atomic E-state index is 14.0. The highest BCUT2D eigenvalue weighted by atomic mass is 19.4. The van der Waals surface area contributed by atoms with E-state index < -0.39 is 17.8 Å². The van der Waals surface area contributed by atoms with Crippen LogP contribution in [-0.2, 0) is 12.7 Å². The second-order valence-corrected chi connectivity index (χ2v) is 9.40. The van der Waals surface area contributed by atoms with Gasteiger partial charge >= 0.3 is 6.18 Å². The number of aromatic nitrogens is 5. The molecular formula is C28H25F3N6O. The number of amides is 1. The molecule has 0 fully saturated rings. The quantitative estimate of drug-likeness (QED) is 0.284. The van der Waals surface area contributed by atoms with E-state index in [1.54, 1.807) is 23.0 Å². The summed E-state index contributed by atoms with van der Waals surface area (Å²) < 4.78 is 44.2. The van der Waals surface area contributed by atoms with Crippen molar-refractivity contribution >= 4 is 17.2 Å². The molecule has 0 spiro atoms. The van der Waals surface area contributed by atoms with Crippen LogP contribution in [0.15, 0.2) is 73.2 Å². The number of aryl methyl sites for hydroxylation is 1. The Bertz CT molecular complexity index is 1620. The lowest BCUT2D eigenvalue weighted by Gasteiger charge is -2.12. The van der Waals surface area contributed by atoms with Crippen LogP contribution in [-0.4, -0.2) is 30.3 Å². The van der Waals surface area contributed by atoms with E-state index in [1.165, 1.54) is 6.20 Å². The van der Waals surface area contributed by atoms with Crippen molar-refractivity contribution in [3.8, 4) is 11.3 Å². The van der Waals surface area contributed by atoms with E-state index in [2.05, 4.69) is 20.5 Å². The predicted octanol–water partition coefficient (Wildman–Crippen LogP) is 6.34. The largest absolute Gasteiger partial charge is 0.433 e. The van der Waals surface area contributed by atoms with Crippen molar-refractivity contribution in [3.05, 3.63) is 101 Å². The maximum Gasteiger partial charge on any atom is 0.433 e. The summed E-state index contributed by atoms with van der Waals surface area (Å²) in [5, 5.41) is 10.8. The molecule has 3 aromatic heterocycles. The van der Waals surface area contributed by atoms with Crippen LogP contribution in [0.5, 0.6) is 0 Å². The minimum atomic E-state index is -4.70. The molecule has 3 heterocycles. The first-order valence-electron chi connectivity index (χ1n) is 12.0. The lowest BCUT2D eigenvalue weighted by atomic mass is 10.0. The molecule has 7 nitrogen and oxygen atoms in total. The monoisotopic (exact) mass is 518 g/mol.